The Morgan fingerprint density at radius 2 is 1.37 bits per heavy atom. The van der Waals surface area contributed by atoms with E-state index in [2.05, 4.69) is 0 Å². The highest BCUT2D eigenvalue weighted by Gasteiger charge is 2.21. The van der Waals surface area contributed by atoms with Gasteiger partial charge in [-0.2, -0.15) is 0 Å². The Kier molecular flexibility index (Phi) is 3.37. The first-order valence-corrected chi connectivity index (χ1v) is 7.42. The number of aromatic hydroxyl groups is 1. The minimum atomic E-state index is -3.54. The molecule has 1 N–H and O–H groups in total. The molecule has 2 aromatic rings. The molecule has 0 atom stereocenters. The summed E-state index contributed by atoms with van der Waals surface area (Å²) in [5, 5.41) is 9.37. The third-order valence-corrected chi connectivity index (χ3v) is 5.14. The van der Waals surface area contributed by atoms with Gasteiger partial charge in [0.05, 0.1) is 9.79 Å². The molecule has 0 aromatic heterocycles. The molecule has 0 amide bonds. The van der Waals surface area contributed by atoms with Gasteiger partial charge in [-0.15, -0.1) is 0 Å². The molecular formula is C15H16O3S. The van der Waals surface area contributed by atoms with Crippen molar-refractivity contribution in [3.8, 4) is 5.75 Å². The summed E-state index contributed by atoms with van der Waals surface area (Å²) in [6.45, 7) is 5.39. The summed E-state index contributed by atoms with van der Waals surface area (Å²) in [6, 6.07) is 9.56. The number of aryl methyl sites for hydroxylation is 3. The van der Waals surface area contributed by atoms with E-state index in [-0.39, 0.29) is 10.6 Å². The van der Waals surface area contributed by atoms with E-state index in [1.807, 2.05) is 13.0 Å². The standard InChI is InChI=1S/C15H16O3S/c1-10-4-6-14(11(2)8-10)19(17,18)15-7-5-13(16)9-12(15)3/h4-9,16H,1-3H3. The van der Waals surface area contributed by atoms with E-state index in [0.29, 0.717) is 10.5 Å². The molecule has 0 radical (unpaired) electrons. The first-order valence-electron chi connectivity index (χ1n) is 5.94. The number of benzene rings is 2. The van der Waals surface area contributed by atoms with Crippen LogP contribution in [0.15, 0.2) is 46.2 Å². The van der Waals surface area contributed by atoms with Crippen molar-refractivity contribution in [3.05, 3.63) is 53.1 Å². The Hall–Kier alpha value is -1.81. The lowest BCUT2D eigenvalue weighted by atomic mass is 10.2. The molecule has 2 rings (SSSR count). The Labute approximate surface area is 113 Å². The zero-order chi connectivity index (χ0) is 14.2. The maximum Gasteiger partial charge on any atom is 0.207 e. The molecule has 0 bridgehead atoms. The van der Waals surface area contributed by atoms with Gasteiger partial charge in [-0.3, -0.25) is 0 Å². The van der Waals surface area contributed by atoms with Crippen LogP contribution < -0.4 is 0 Å². The smallest absolute Gasteiger partial charge is 0.207 e. The molecule has 0 fully saturated rings. The van der Waals surface area contributed by atoms with E-state index in [0.717, 1.165) is 11.1 Å². The Morgan fingerprint density at radius 3 is 1.89 bits per heavy atom. The summed E-state index contributed by atoms with van der Waals surface area (Å²) in [5.74, 6) is 0.0667. The molecule has 0 saturated carbocycles. The maximum absolute atomic E-state index is 12.6. The monoisotopic (exact) mass is 276 g/mol. The highest BCUT2D eigenvalue weighted by Crippen LogP contribution is 2.28. The number of phenolic OH excluding ortho intramolecular Hbond substituents is 1. The molecule has 100 valence electrons. The first-order chi connectivity index (χ1) is 8.82. The van der Waals surface area contributed by atoms with Crippen molar-refractivity contribution in [2.45, 2.75) is 30.6 Å². The van der Waals surface area contributed by atoms with Gasteiger partial charge in [-0.05, 0) is 56.2 Å². The van der Waals surface area contributed by atoms with Gasteiger partial charge in [-0.1, -0.05) is 17.7 Å². The zero-order valence-corrected chi connectivity index (χ0v) is 12.0. The van der Waals surface area contributed by atoms with Crippen molar-refractivity contribution in [2.24, 2.45) is 0 Å². The van der Waals surface area contributed by atoms with Gasteiger partial charge in [0.25, 0.3) is 0 Å². The number of sulfone groups is 1. The quantitative estimate of drug-likeness (QED) is 0.916. The molecule has 0 aliphatic carbocycles. The summed E-state index contributed by atoms with van der Waals surface area (Å²) in [4.78, 5) is 0.546. The van der Waals surface area contributed by atoms with Crippen LogP contribution in [0, 0.1) is 20.8 Å². The predicted octanol–water partition coefficient (Wildman–Crippen LogP) is 3.15. The molecule has 0 heterocycles. The molecule has 0 unspecified atom stereocenters. The molecule has 4 heteroatoms. The Balaban J connectivity index is 2.65. The van der Waals surface area contributed by atoms with Crippen LogP contribution in [0.2, 0.25) is 0 Å². The van der Waals surface area contributed by atoms with Gasteiger partial charge in [0.2, 0.25) is 9.84 Å². The van der Waals surface area contributed by atoms with E-state index in [4.69, 9.17) is 0 Å². The van der Waals surface area contributed by atoms with Gasteiger partial charge < -0.3 is 5.11 Å². The molecule has 0 aliphatic heterocycles. The topological polar surface area (TPSA) is 54.4 Å². The molecular weight excluding hydrogens is 260 g/mol. The summed E-state index contributed by atoms with van der Waals surface area (Å²) in [5.41, 5.74) is 2.30. The summed E-state index contributed by atoms with van der Waals surface area (Å²) >= 11 is 0. The summed E-state index contributed by atoms with van der Waals surface area (Å²) in [7, 11) is -3.54. The molecule has 0 spiro atoms. The van der Waals surface area contributed by atoms with Crippen LogP contribution >= 0.6 is 0 Å². The van der Waals surface area contributed by atoms with Crippen LogP contribution in [0.4, 0.5) is 0 Å². The highest BCUT2D eigenvalue weighted by atomic mass is 32.2. The van der Waals surface area contributed by atoms with Crippen LogP contribution in [-0.4, -0.2) is 13.5 Å². The Bertz CT molecular complexity index is 674. The largest absolute Gasteiger partial charge is 0.508 e. The molecule has 3 nitrogen and oxygen atoms in total. The van der Waals surface area contributed by atoms with Gasteiger partial charge in [0.15, 0.2) is 0 Å². The third-order valence-electron chi connectivity index (χ3n) is 3.07. The normalized spacial score (nSPS) is 11.5. The highest BCUT2D eigenvalue weighted by molar-refractivity contribution is 7.91. The molecule has 19 heavy (non-hydrogen) atoms. The second-order valence-corrected chi connectivity index (χ2v) is 6.61. The van der Waals surface area contributed by atoms with Crippen molar-refractivity contribution in [1.82, 2.24) is 0 Å². The van der Waals surface area contributed by atoms with Crippen molar-refractivity contribution in [1.29, 1.82) is 0 Å². The van der Waals surface area contributed by atoms with Crippen LogP contribution in [0.25, 0.3) is 0 Å². The zero-order valence-electron chi connectivity index (χ0n) is 11.1. The van der Waals surface area contributed by atoms with Crippen molar-refractivity contribution in [2.75, 3.05) is 0 Å². The van der Waals surface area contributed by atoms with Gasteiger partial charge in [0.1, 0.15) is 5.75 Å². The predicted molar refractivity (Wildman–Crippen MR) is 74.2 cm³/mol. The van der Waals surface area contributed by atoms with Crippen LogP contribution in [0.3, 0.4) is 0 Å². The lowest BCUT2D eigenvalue weighted by Crippen LogP contribution is -2.06. The van der Waals surface area contributed by atoms with Crippen molar-refractivity contribution < 1.29 is 13.5 Å². The van der Waals surface area contributed by atoms with Gasteiger partial charge in [-0.25, -0.2) is 8.42 Å². The number of rotatable bonds is 2. The molecule has 0 saturated heterocycles. The van der Waals surface area contributed by atoms with E-state index in [1.165, 1.54) is 18.2 Å². The average molecular weight is 276 g/mol. The van der Waals surface area contributed by atoms with E-state index >= 15 is 0 Å². The van der Waals surface area contributed by atoms with Gasteiger partial charge >= 0.3 is 0 Å². The fraction of sp³-hybridized carbons (Fsp3) is 0.200. The maximum atomic E-state index is 12.6. The number of hydrogen-bond acceptors (Lipinski definition) is 3. The Morgan fingerprint density at radius 1 is 0.842 bits per heavy atom. The van der Waals surface area contributed by atoms with E-state index in [9.17, 15) is 13.5 Å². The van der Waals surface area contributed by atoms with Gasteiger partial charge in [0, 0.05) is 0 Å². The van der Waals surface area contributed by atoms with Crippen LogP contribution in [-0.2, 0) is 9.84 Å². The second-order valence-electron chi connectivity index (χ2n) is 4.72. The first kappa shape index (κ1) is 13.6. The second kappa shape index (κ2) is 4.70. The molecule has 0 aliphatic rings. The number of hydrogen-bond donors (Lipinski definition) is 1. The van der Waals surface area contributed by atoms with Crippen molar-refractivity contribution in [3.63, 3.8) is 0 Å². The number of phenols is 1. The SMILES string of the molecule is Cc1ccc(S(=O)(=O)c2ccc(O)cc2C)c(C)c1. The molecule has 2 aromatic carbocycles. The lowest BCUT2D eigenvalue weighted by Gasteiger charge is -2.11. The summed E-state index contributed by atoms with van der Waals surface area (Å²) < 4.78 is 25.2. The fourth-order valence-corrected chi connectivity index (χ4v) is 3.85. The minimum Gasteiger partial charge on any atom is -0.508 e. The van der Waals surface area contributed by atoms with Crippen molar-refractivity contribution >= 4 is 9.84 Å². The average Bonchev–Trinajstić information content (AvgIpc) is 2.27. The van der Waals surface area contributed by atoms with E-state index in [1.54, 1.807) is 26.0 Å². The fourth-order valence-electron chi connectivity index (χ4n) is 2.15. The summed E-state index contributed by atoms with van der Waals surface area (Å²) in [6.07, 6.45) is 0. The van der Waals surface area contributed by atoms with E-state index < -0.39 is 9.84 Å². The van der Waals surface area contributed by atoms with Crippen LogP contribution in [0.1, 0.15) is 16.7 Å². The van der Waals surface area contributed by atoms with Crippen LogP contribution in [0.5, 0.6) is 5.75 Å². The lowest BCUT2D eigenvalue weighted by molar-refractivity contribution is 0.474. The third kappa shape index (κ3) is 2.49. The minimum absolute atomic E-state index is 0.0667.